The molecule has 0 aromatic heterocycles. The van der Waals surface area contributed by atoms with Crippen LogP contribution in [0.25, 0.3) is 11.1 Å². The summed E-state index contributed by atoms with van der Waals surface area (Å²) >= 11 is 0. The quantitative estimate of drug-likeness (QED) is 0.349. The highest BCUT2D eigenvalue weighted by Gasteiger charge is 2.27. The number of nitro groups is 1. The standard InChI is InChI=1S/C25H24N2O7S/c1-16-8-9-18(14-23(16)27(30)31)17-10-12-19(13-11-17)35(32,33)26-22-6-2-5-21-20(22)4-3-7-24(21)34-15-25(28)29/h3-4,7-14,22,26H,2,5-6,15H2,1H3,(H,28,29). The Morgan fingerprint density at radius 2 is 1.86 bits per heavy atom. The van der Waals surface area contributed by atoms with Gasteiger partial charge in [-0.2, -0.15) is 0 Å². The summed E-state index contributed by atoms with van der Waals surface area (Å²) < 4.78 is 34.4. The third kappa shape index (κ3) is 5.33. The van der Waals surface area contributed by atoms with Crippen molar-refractivity contribution in [2.75, 3.05) is 6.61 Å². The number of nitrogens with one attached hydrogen (secondary N) is 1. The molecule has 0 amide bonds. The molecule has 35 heavy (non-hydrogen) atoms. The minimum atomic E-state index is -3.86. The summed E-state index contributed by atoms with van der Waals surface area (Å²) in [6, 6.07) is 15.8. The average Bonchev–Trinajstić information content (AvgIpc) is 2.83. The van der Waals surface area contributed by atoms with Gasteiger partial charge in [0.25, 0.3) is 5.69 Å². The second kappa shape index (κ2) is 9.85. The van der Waals surface area contributed by atoms with E-state index < -0.39 is 33.6 Å². The molecule has 1 unspecified atom stereocenters. The van der Waals surface area contributed by atoms with Crippen LogP contribution in [0.2, 0.25) is 0 Å². The Kier molecular flexibility index (Phi) is 6.86. The number of aryl methyl sites for hydroxylation is 1. The minimum Gasteiger partial charge on any atom is -0.482 e. The summed E-state index contributed by atoms with van der Waals surface area (Å²) in [5.41, 5.74) is 3.41. The van der Waals surface area contributed by atoms with E-state index in [-0.39, 0.29) is 10.6 Å². The van der Waals surface area contributed by atoms with Gasteiger partial charge in [0.2, 0.25) is 10.0 Å². The van der Waals surface area contributed by atoms with E-state index >= 15 is 0 Å². The van der Waals surface area contributed by atoms with Crippen LogP contribution in [0.5, 0.6) is 5.75 Å². The second-order valence-corrected chi connectivity index (χ2v) is 10.1. The summed E-state index contributed by atoms with van der Waals surface area (Å²) in [6.45, 7) is 1.19. The highest BCUT2D eigenvalue weighted by atomic mass is 32.2. The summed E-state index contributed by atoms with van der Waals surface area (Å²) in [6.07, 6.45) is 1.99. The second-order valence-electron chi connectivity index (χ2n) is 8.36. The lowest BCUT2D eigenvalue weighted by atomic mass is 9.87. The highest BCUT2D eigenvalue weighted by molar-refractivity contribution is 7.89. The van der Waals surface area contributed by atoms with E-state index in [2.05, 4.69) is 4.72 Å². The van der Waals surface area contributed by atoms with Crippen molar-refractivity contribution >= 4 is 21.7 Å². The Balaban J connectivity index is 1.56. The normalized spacial score (nSPS) is 15.3. The zero-order chi connectivity index (χ0) is 25.2. The van der Waals surface area contributed by atoms with Gasteiger partial charge in [0.05, 0.1) is 9.82 Å². The van der Waals surface area contributed by atoms with E-state index in [1.807, 2.05) is 6.07 Å². The summed E-state index contributed by atoms with van der Waals surface area (Å²) in [4.78, 5) is 21.8. The smallest absolute Gasteiger partial charge is 0.341 e. The number of ether oxygens (including phenoxy) is 1. The molecule has 0 radical (unpaired) electrons. The van der Waals surface area contributed by atoms with Crippen molar-refractivity contribution in [3.8, 4) is 16.9 Å². The number of hydrogen-bond acceptors (Lipinski definition) is 6. The predicted octanol–water partition coefficient (Wildman–Crippen LogP) is 4.39. The number of carboxylic acid groups (broad SMARTS) is 1. The lowest BCUT2D eigenvalue weighted by Crippen LogP contribution is -2.31. The number of rotatable bonds is 8. The number of aliphatic carboxylic acids is 1. The number of benzene rings is 3. The number of sulfonamides is 1. The maximum absolute atomic E-state index is 13.1. The number of nitro benzene ring substituents is 1. The summed E-state index contributed by atoms with van der Waals surface area (Å²) in [7, 11) is -3.86. The van der Waals surface area contributed by atoms with Crippen molar-refractivity contribution in [3.63, 3.8) is 0 Å². The molecule has 0 saturated carbocycles. The number of nitrogens with zero attached hydrogens (tertiary/aromatic N) is 1. The number of fused-ring (bicyclic) bond motifs is 1. The van der Waals surface area contributed by atoms with Crippen molar-refractivity contribution in [2.24, 2.45) is 0 Å². The van der Waals surface area contributed by atoms with Gasteiger partial charge in [0.1, 0.15) is 5.75 Å². The Morgan fingerprint density at radius 3 is 2.54 bits per heavy atom. The predicted molar refractivity (Wildman–Crippen MR) is 129 cm³/mol. The average molecular weight is 497 g/mol. The van der Waals surface area contributed by atoms with Crippen LogP contribution in [0.15, 0.2) is 65.6 Å². The van der Waals surface area contributed by atoms with Crippen LogP contribution in [-0.4, -0.2) is 31.0 Å². The topological polar surface area (TPSA) is 136 Å². The van der Waals surface area contributed by atoms with Gasteiger partial charge in [-0.15, -0.1) is 0 Å². The first kappa shape index (κ1) is 24.4. The van der Waals surface area contributed by atoms with E-state index in [9.17, 15) is 23.3 Å². The SMILES string of the molecule is Cc1ccc(-c2ccc(S(=O)(=O)NC3CCCc4c(OCC(=O)O)cccc43)cc2)cc1[N+](=O)[O-]. The molecular formula is C25H24N2O7S. The molecule has 0 heterocycles. The number of carbonyl (C=O) groups is 1. The summed E-state index contributed by atoms with van der Waals surface area (Å²) in [5.74, 6) is -0.635. The maximum atomic E-state index is 13.1. The molecule has 9 nitrogen and oxygen atoms in total. The molecular weight excluding hydrogens is 472 g/mol. The third-order valence-corrected chi connectivity index (χ3v) is 7.50. The zero-order valence-corrected chi connectivity index (χ0v) is 19.7. The molecule has 0 fully saturated rings. The van der Waals surface area contributed by atoms with Crippen LogP contribution < -0.4 is 9.46 Å². The monoisotopic (exact) mass is 496 g/mol. The van der Waals surface area contributed by atoms with Crippen LogP contribution in [0, 0.1) is 17.0 Å². The van der Waals surface area contributed by atoms with Gasteiger partial charge < -0.3 is 9.84 Å². The minimum absolute atomic E-state index is 0.00327. The first-order chi connectivity index (χ1) is 16.7. The third-order valence-electron chi connectivity index (χ3n) is 6.02. The lowest BCUT2D eigenvalue weighted by Gasteiger charge is -2.27. The Hall–Kier alpha value is -3.76. The molecule has 10 heteroatoms. The fraction of sp³-hybridized carbons (Fsp3) is 0.240. The Morgan fingerprint density at radius 1 is 1.14 bits per heavy atom. The number of carboxylic acids is 1. The molecule has 0 spiro atoms. The number of hydrogen-bond donors (Lipinski definition) is 2. The van der Waals surface area contributed by atoms with Crippen LogP contribution in [0.1, 0.15) is 35.6 Å². The van der Waals surface area contributed by atoms with Crippen molar-refractivity contribution in [3.05, 3.63) is 87.5 Å². The van der Waals surface area contributed by atoms with Crippen LogP contribution in [-0.2, 0) is 21.2 Å². The Bertz CT molecular complexity index is 1390. The molecule has 1 aliphatic carbocycles. The maximum Gasteiger partial charge on any atom is 0.341 e. The van der Waals surface area contributed by atoms with E-state index in [0.717, 1.165) is 17.5 Å². The molecule has 4 rings (SSSR count). The molecule has 0 bridgehead atoms. The fourth-order valence-electron chi connectivity index (χ4n) is 4.28. The first-order valence-electron chi connectivity index (χ1n) is 11.0. The van der Waals surface area contributed by atoms with Gasteiger partial charge >= 0.3 is 5.97 Å². The fourth-order valence-corrected chi connectivity index (χ4v) is 5.53. The highest BCUT2D eigenvalue weighted by Crippen LogP contribution is 2.36. The molecule has 0 aliphatic heterocycles. The van der Waals surface area contributed by atoms with Gasteiger partial charge in [-0.3, -0.25) is 10.1 Å². The van der Waals surface area contributed by atoms with Gasteiger partial charge in [0.15, 0.2) is 6.61 Å². The zero-order valence-electron chi connectivity index (χ0n) is 18.9. The Labute approximate surface area is 202 Å². The molecule has 2 N–H and O–H groups in total. The van der Waals surface area contributed by atoms with Crippen molar-refractivity contribution in [1.29, 1.82) is 0 Å². The van der Waals surface area contributed by atoms with E-state index in [1.54, 1.807) is 43.3 Å². The van der Waals surface area contributed by atoms with Crippen LogP contribution >= 0.6 is 0 Å². The largest absolute Gasteiger partial charge is 0.482 e. The van der Waals surface area contributed by atoms with Gasteiger partial charge in [0, 0.05) is 17.7 Å². The van der Waals surface area contributed by atoms with Crippen molar-refractivity contribution < 1.29 is 28.0 Å². The molecule has 1 aliphatic rings. The molecule has 3 aromatic rings. The van der Waals surface area contributed by atoms with Gasteiger partial charge in [-0.25, -0.2) is 17.9 Å². The van der Waals surface area contributed by atoms with Crippen LogP contribution in [0.4, 0.5) is 5.69 Å². The van der Waals surface area contributed by atoms with Crippen LogP contribution in [0.3, 0.4) is 0 Å². The van der Waals surface area contributed by atoms with Crippen molar-refractivity contribution in [1.82, 2.24) is 4.72 Å². The van der Waals surface area contributed by atoms with E-state index in [0.29, 0.717) is 35.3 Å². The van der Waals surface area contributed by atoms with Gasteiger partial charge in [-0.05, 0) is 66.6 Å². The van der Waals surface area contributed by atoms with E-state index in [1.165, 1.54) is 18.2 Å². The van der Waals surface area contributed by atoms with Crippen molar-refractivity contribution in [2.45, 2.75) is 37.1 Å². The molecule has 182 valence electrons. The molecule has 0 saturated heterocycles. The first-order valence-corrected chi connectivity index (χ1v) is 12.5. The van der Waals surface area contributed by atoms with E-state index in [4.69, 9.17) is 9.84 Å². The van der Waals surface area contributed by atoms with Gasteiger partial charge in [-0.1, -0.05) is 36.4 Å². The molecule has 1 atom stereocenters. The molecule has 3 aromatic carbocycles. The lowest BCUT2D eigenvalue weighted by molar-refractivity contribution is -0.385. The summed E-state index contributed by atoms with van der Waals surface area (Å²) in [5, 5.41) is 20.1.